The molecular weight excluding hydrogens is 288 g/mol. The second-order valence-corrected chi connectivity index (χ2v) is 4.80. The van der Waals surface area contributed by atoms with Crippen molar-refractivity contribution in [3.63, 3.8) is 0 Å². The highest BCUT2D eigenvalue weighted by Gasteiger charge is 2.16. The smallest absolute Gasteiger partial charge is 0.339 e. The van der Waals surface area contributed by atoms with Gasteiger partial charge in [0.25, 0.3) is 0 Å². The Hall–Kier alpha value is -2.41. The van der Waals surface area contributed by atoms with E-state index in [1.807, 2.05) is 0 Å². The van der Waals surface area contributed by atoms with Crippen molar-refractivity contribution in [2.45, 2.75) is 32.2 Å². The van der Waals surface area contributed by atoms with Gasteiger partial charge in [-0.15, -0.1) is 0 Å². The van der Waals surface area contributed by atoms with Crippen molar-refractivity contribution in [3.05, 3.63) is 29.8 Å². The van der Waals surface area contributed by atoms with E-state index in [1.165, 1.54) is 25.5 Å². The van der Waals surface area contributed by atoms with E-state index in [0.29, 0.717) is 0 Å². The molecule has 1 heterocycles. The number of carbonyl (C=O) groups excluding carboxylic acids is 2. The summed E-state index contributed by atoms with van der Waals surface area (Å²) < 4.78 is 4.69. The summed E-state index contributed by atoms with van der Waals surface area (Å²) in [6.07, 6.45) is 3.21. The van der Waals surface area contributed by atoms with Crippen molar-refractivity contribution in [1.82, 2.24) is 5.32 Å². The number of hydrogen-bond donors (Lipinski definition) is 3. The summed E-state index contributed by atoms with van der Waals surface area (Å²) in [5.74, 6) is -1.79. The number of primary amides is 1. The normalized spacial score (nSPS) is 16.9. The van der Waals surface area contributed by atoms with Gasteiger partial charge in [-0.1, -0.05) is 18.6 Å². The molecular formula is C15H20N2O5. The van der Waals surface area contributed by atoms with Crippen LogP contribution in [0.3, 0.4) is 0 Å². The number of benzene rings is 1. The number of para-hydroxylation sites is 1. The first-order valence-electron chi connectivity index (χ1n) is 6.95. The van der Waals surface area contributed by atoms with Crippen molar-refractivity contribution >= 4 is 17.8 Å². The molecule has 1 atom stereocenters. The Morgan fingerprint density at radius 1 is 1.27 bits per heavy atom. The van der Waals surface area contributed by atoms with E-state index < -0.39 is 11.9 Å². The van der Waals surface area contributed by atoms with Crippen molar-refractivity contribution in [3.8, 4) is 5.75 Å². The topological polar surface area (TPSA) is 119 Å². The molecule has 0 spiro atoms. The van der Waals surface area contributed by atoms with Gasteiger partial charge >= 0.3 is 11.9 Å². The predicted molar refractivity (Wildman–Crippen MR) is 79.5 cm³/mol. The number of piperidine rings is 1. The number of esters is 1. The average molecular weight is 308 g/mol. The molecule has 1 aromatic carbocycles. The average Bonchev–Trinajstić information content (AvgIpc) is 2.48. The molecule has 1 fully saturated rings. The molecule has 4 N–H and O–H groups in total. The van der Waals surface area contributed by atoms with Crippen LogP contribution in [0.4, 0.5) is 0 Å². The lowest BCUT2D eigenvalue weighted by Crippen LogP contribution is -2.44. The van der Waals surface area contributed by atoms with Crippen LogP contribution in [0.15, 0.2) is 24.3 Å². The predicted octanol–water partition coefficient (Wildman–Crippen LogP) is 0.924. The molecule has 1 amide bonds. The molecule has 0 saturated carbocycles. The fourth-order valence-corrected chi connectivity index (χ4v) is 1.98. The van der Waals surface area contributed by atoms with E-state index in [-0.39, 0.29) is 23.3 Å². The van der Waals surface area contributed by atoms with Gasteiger partial charge in [-0.25, -0.2) is 4.79 Å². The van der Waals surface area contributed by atoms with Crippen molar-refractivity contribution in [2.24, 2.45) is 5.73 Å². The van der Waals surface area contributed by atoms with Crippen LogP contribution in [0.2, 0.25) is 0 Å². The molecule has 0 radical (unpaired) electrons. The Balaban J connectivity index is 0.000000235. The van der Waals surface area contributed by atoms with E-state index in [4.69, 9.17) is 10.8 Å². The molecule has 22 heavy (non-hydrogen) atoms. The van der Waals surface area contributed by atoms with Crippen LogP contribution >= 0.6 is 0 Å². The number of hydrogen-bond acceptors (Lipinski definition) is 5. The fourth-order valence-electron chi connectivity index (χ4n) is 1.98. The van der Waals surface area contributed by atoms with Crippen LogP contribution < -0.4 is 15.8 Å². The summed E-state index contributed by atoms with van der Waals surface area (Å²) in [7, 11) is 0. The van der Waals surface area contributed by atoms with E-state index in [9.17, 15) is 14.4 Å². The number of amides is 1. The Morgan fingerprint density at radius 3 is 2.41 bits per heavy atom. The van der Waals surface area contributed by atoms with Gasteiger partial charge in [0.05, 0.1) is 6.04 Å². The zero-order valence-electron chi connectivity index (χ0n) is 12.4. The monoisotopic (exact) mass is 308 g/mol. The zero-order chi connectivity index (χ0) is 16.5. The van der Waals surface area contributed by atoms with Gasteiger partial charge < -0.3 is 20.9 Å². The molecule has 7 nitrogen and oxygen atoms in total. The first-order chi connectivity index (χ1) is 10.4. The van der Waals surface area contributed by atoms with Crippen molar-refractivity contribution in [1.29, 1.82) is 0 Å². The Bertz CT molecular complexity index is 538. The van der Waals surface area contributed by atoms with Gasteiger partial charge in [0, 0.05) is 6.92 Å². The molecule has 120 valence electrons. The molecule has 1 unspecified atom stereocenters. The van der Waals surface area contributed by atoms with E-state index in [1.54, 1.807) is 12.1 Å². The molecule has 0 aromatic heterocycles. The quantitative estimate of drug-likeness (QED) is 0.564. The van der Waals surface area contributed by atoms with Crippen LogP contribution in [0.25, 0.3) is 0 Å². The molecule has 1 saturated heterocycles. The first kappa shape index (κ1) is 17.6. The second kappa shape index (κ2) is 8.78. The minimum Gasteiger partial charge on any atom is -0.478 e. The Kier molecular flexibility index (Phi) is 7.04. The summed E-state index contributed by atoms with van der Waals surface area (Å²) in [4.78, 5) is 31.7. The van der Waals surface area contributed by atoms with E-state index in [0.717, 1.165) is 19.4 Å². The van der Waals surface area contributed by atoms with Gasteiger partial charge in [-0.2, -0.15) is 0 Å². The molecule has 1 aliphatic heterocycles. The summed E-state index contributed by atoms with van der Waals surface area (Å²) >= 11 is 0. The van der Waals surface area contributed by atoms with Crippen molar-refractivity contribution < 1.29 is 24.2 Å². The number of nitrogens with two attached hydrogens (primary N) is 1. The van der Waals surface area contributed by atoms with Crippen LogP contribution in [0, 0.1) is 0 Å². The number of carbonyl (C=O) groups is 3. The molecule has 1 aromatic rings. The van der Waals surface area contributed by atoms with Gasteiger partial charge in [0.15, 0.2) is 0 Å². The third kappa shape index (κ3) is 5.92. The van der Waals surface area contributed by atoms with Gasteiger partial charge in [-0.05, 0) is 31.5 Å². The largest absolute Gasteiger partial charge is 0.478 e. The number of carboxylic acids is 1. The lowest BCUT2D eigenvalue weighted by atomic mass is 10.1. The molecule has 1 aliphatic rings. The van der Waals surface area contributed by atoms with Crippen LogP contribution in [0.5, 0.6) is 5.75 Å². The van der Waals surface area contributed by atoms with Crippen LogP contribution in [-0.4, -0.2) is 35.5 Å². The Labute approximate surface area is 128 Å². The van der Waals surface area contributed by atoms with E-state index in [2.05, 4.69) is 10.1 Å². The maximum atomic E-state index is 10.6. The highest BCUT2D eigenvalue weighted by molar-refractivity contribution is 5.91. The van der Waals surface area contributed by atoms with Crippen LogP contribution in [0.1, 0.15) is 36.5 Å². The fraction of sp³-hybridized carbons (Fsp3) is 0.400. The summed E-state index contributed by atoms with van der Waals surface area (Å²) in [6.45, 7) is 2.16. The highest BCUT2D eigenvalue weighted by atomic mass is 16.5. The number of carboxylic acid groups (broad SMARTS) is 1. The minimum absolute atomic E-state index is 0.0160. The molecule has 7 heteroatoms. The molecule has 0 aliphatic carbocycles. The van der Waals surface area contributed by atoms with Crippen LogP contribution in [-0.2, 0) is 9.59 Å². The van der Waals surface area contributed by atoms with Gasteiger partial charge in [-0.3, -0.25) is 9.59 Å². The third-order valence-electron chi connectivity index (χ3n) is 3.02. The van der Waals surface area contributed by atoms with Gasteiger partial charge in [0.2, 0.25) is 5.91 Å². The lowest BCUT2D eigenvalue weighted by molar-refractivity contribution is -0.131. The van der Waals surface area contributed by atoms with Crippen molar-refractivity contribution in [2.75, 3.05) is 6.54 Å². The third-order valence-corrected chi connectivity index (χ3v) is 3.02. The minimum atomic E-state index is -1.11. The van der Waals surface area contributed by atoms with E-state index >= 15 is 0 Å². The summed E-state index contributed by atoms with van der Waals surface area (Å²) in [5, 5.41) is 11.7. The molecule has 0 bridgehead atoms. The standard InChI is InChI=1S/C9H8O4.C6H12N2O/c1-6(10)13-8-5-3-2-4-7(8)9(11)12;7-6(9)5-3-1-2-4-8-5/h2-5H,1H3,(H,11,12);5,8H,1-4H2,(H2,7,9). The number of aromatic carboxylic acids is 1. The zero-order valence-corrected chi connectivity index (χ0v) is 12.4. The first-order valence-corrected chi connectivity index (χ1v) is 6.95. The number of ether oxygens (including phenoxy) is 1. The maximum Gasteiger partial charge on any atom is 0.339 e. The summed E-state index contributed by atoms with van der Waals surface area (Å²) in [5.41, 5.74) is 5.05. The number of rotatable bonds is 3. The molecule has 2 rings (SSSR count). The maximum absolute atomic E-state index is 10.6. The van der Waals surface area contributed by atoms with Gasteiger partial charge in [0.1, 0.15) is 11.3 Å². The Morgan fingerprint density at radius 2 is 1.95 bits per heavy atom. The second-order valence-electron chi connectivity index (χ2n) is 4.80. The SMILES string of the molecule is CC(=O)Oc1ccccc1C(=O)O.NC(=O)C1CCCCN1. The number of nitrogens with one attached hydrogen (secondary N) is 1. The lowest BCUT2D eigenvalue weighted by Gasteiger charge is -2.19. The summed E-state index contributed by atoms with van der Waals surface area (Å²) in [6, 6.07) is 5.92. The highest BCUT2D eigenvalue weighted by Crippen LogP contribution is 2.17.